The minimum atomic E-state index is -0.266. The second-order valence-electron chi connectivity index (χ2n) is 5.54. The van der Waals surface area contributed by atoms with Crippen LogP contribution in [-0.4, -0.2) is 47.4 Å². The molecule has 0 heterocycles. The molecule has 0 saturated heterocycles. The fraction of sp³-hybridized carbons (Fsp3) is 0.316. The first-order chi connectivity index (χ1) is 11.7. The molecule has 2 amide bonds. The molecule has 0 aliphatic carbocycles. The van der Waals surface area contributed by atoms with E-state index in [4.69, 9.17) is 10.2 Å². The van der Waals surface area contributed by atoms with Crippen LogP contribution in [0.15, 0.2) is 54.6 Å². The van der Waals surface area contributed by atoms with Crippen molar-refractivity contribution >= 4 is 11.7 Å². The highest BCUT2D eigenvalue weighted by Crippen LogP contribution is 2.19. The molecular weight excluding hydrogens is 304 g/mol. The summed E-state index contributed by atoms with van der Waals surface area (Å²) < 4.78 is 0. The molecule has 3 N–H and O–H groups in total. The van der Waals surface area contributed by atoms with Crippen LogP contribution in [0.5, 0.6) is 0 Å². The van der Waals surface area contributed by atoms with E-state index in [-0.39, 0.29) is 25.8 Å². The normalized spacial score (nSPS) is 10.4. The molecule has 0 aromatic heterocycles. The maximum atomic E-state index is 12.4. The number of rotatable bonds is 8. The first-order valence-corrected chi connectivity index (χ1v) is 8.14. The van der Waals surface area contributed by atoms with E-state index in [0.29, 0.717) is 13.0 Å². The molecule has 0 fully saturated rings. The highest BCUT2D eigenvalue weighted by molar-refractivity contribution is 5.90. The van der Waals surface area contributed by atoms with Crippen molar-refractivity contribution in [3.8, 4) is 0 Å². The van der Waals surface area contributed by atoms with Gasteiger partial charge in [0, 0.05) is 25.4 Å². The smallest absolute Gasteiger partial charge is 0.321 e. The van der Waals surface area contributed by atoms with E-state index in [1.165, 1.54) is 10.5 Å². The number of aliphatic hydroxyl groups is 2. The van der Waals surface area contributed by atoms with Gasteiger partial charge in [0.1, 0.15) is 0 Å². The van der Waals surface area contributed by atoms with Crippen molar-refractivity contribution < 1.29 is 15.0 Å². The molecule has 0 bridgehead atoms. The van der Waals surface area contributed by atoms with Crippen molar-refractivity contribution in [2.75, 3.05) is 31.6 Å². The number of nitrogens with zero attached hydrogens (tertiary/aromatic N) is 1. The quantitative estimate of drug-likeness (QED) is 0.697. The summed E-state index contributed by atoms with van der Waals surface area (Å²) in [6.45, 7) is 0.556. The van der Waals surface area contributed by atoms with E-state index >= 15 is 0 Å². The molecule has 24 heavy (non-hydrogen) atoms. The SMILES string of the molecule is O=C(Nc1ccccc1Cc1ccccc1)N(CCO)CCCO. The van der Waals surface area contributed by atoms with Gasteiger partial charge in [-0.3, -0.25) is 0 Å². The van der Waals surface area contributed by atoms with E-state index in [1.54, 1.807) is 0 Å². The van der Waals surface area contributed by atoms with Gasteiger partial charge in [-0.2, -0.15) is 0 Å². The first-order valence-electron chi connectivity index (χ1n) is 8.14. The van der Waals surface area contributed by atoms with Crippen LogP contribution in [0.4, 0.5) is 10.5 Å². The van der Waals surface area contributed by atoms with Gasteiger partial charge in [0.05, 0.1) is 6.61 Å². The van der Waals surface area contributed by atoms with Crippen molar-refractivity contribution in [1.82, 2.24) is 4.90 Å². The zero-order valence-corrected chi connectivity index (χ0v) is 13.7. The highest BCUT2D eigenvalue weighted by atomic mass is 16.3. The molecule has 0 unspecified atom stereocenters. The number of urea groups is 1. The maximum absolute atomic E-state index is 12.4. The molecule has 0 aliphatic rings. The molecule has 2 aromatic rings. The fourth-order valence-electron chi connectivity index (χ4n) is 2.50. The van der Waals surface area contributed by atoms with E-state index in [1.807, 2.05) is 42.5 Å². The maximum Gasteiger partial charge on any atom is 0.321 e. The van der Waals surface area contributed by atoms with Crippen LogP contribution in [0.2, 0.25) is 0 Å². The van der Waals surface area contributed by atoms with Gasteiger partial charge in [0.25, 0.3) is 0 Å². The lowest BCUT2D eigenvalue weighted by molar-refractivity contribution is 0.180. The second kappa shape index (κ2) is 9.70. The Hall–Kier alpha value is -2.37. The molecule has 0 saturated carbocycles. The average molecular weight is 328 g/mol. The third-order valence-corrected chi connectivity index (χ3v) is 3.74. The summed E-state index contributed by atoms with van der Waals surface area (Å²) in [5.74, 6) is 0. The Kier molecular flexibility index (Phi) is 7.26. The third kappa shape index (κ3) is 5.37. The number of carbonyl (C=O) groups is 1. The molecule has 5 nitrogen and oxygen atoms in total. The lowest BCUT2D eigenvalue weighted by Crippen LogP contribution is -2.38. The zero-order valence-electron chi connectivity index (χ0n) is 13.7. The van der Waals surface area contributed by atoms with Gasteiger partial charge in [-0.1, -0.05) is 48.5 Å². The van der Waals surface area contributed by atoms with Crippen LogP contribution in [0.25, 0.3) is 0 Å². The predicted octanol–water partition coefficient (Wildman–Crippen LogP) is 2.49. The van der Waals surface area contributed by atoms with Gasteiger partial charge in [0.2, 0.25) is 0 Å². The molecule has 128 valence electrons. The van der Waals surface area contributed by atoms with Gasteiger partial charge >= 0.3 is 6.03 Å². The van der Waals surface area contributed by atoms with E-state index in [0.717, 1.165) is 17.7 Å². The van der Waals surface area contributed by atoms with E-state index in [2.05, 4.69) is 17.4 Å². The first kappa shape index (κ1) is 18.0. The number of carbonyl (C=O) groups excluding carboxylic acids is 1. The molecule has 2 rings (SSSR count). The van der Waals surface area contributed by atoms with E-state index < -0.39 is 0 Å². The van der Waals surface area contributed by atoms with Crippen molar-refractivity contribution in [2.45, 2.75) is 12.8 Å². The highest BCUT2D eigenvalue weighted by Gasteiger charge is 2.14. The Morgan fingerprint density at radius 3 is 2.33 bits per heavy atom. The Labute approximate surface area is 142 Å². The number of amides is 2. The Morgan fingerprint density at radius 2 is 1.62 bits per heavy atom. The topological polar surface area (TPSA) is 72.8 Å². The fourth-order valence-corrected chi connectivity index (χ4v) is 2.50. The van der Waals surface area contributed by atoms with Crippen LogP contribution >= 0.6 is 0 Å². The van der Waals surface area contributed by atoms with E-state index in [9.17, 15) is 4.79 Å². The third-order valence-electron chi connectivity index (χ3n) is 3.74. The molecule has 0 aliphatic heterocycles. The Morgan fingerprint density at radius 1 is 0.917 bits per heavy atom. The number of benzene rings is 2. The minimum absolute atomic E-state index is 0.0137. The summed E-state index contributed by atoms with van der Waals surface area (Å²) in [5, 5.41) is 21.0. The molecule has 0 atom stereocenters. The van der Waals surface area contributed by atoms with Crippen molar-refractivity contribution in [3.63, 3.8) is 0 Å². The molecule has 0 spiro atoms. The molecular formula is C19H24N2O3. The number of hydrogen-bond donors (Lipinski definition) is 3. The summed E-state index contributed by atoms with van der Waals surface area (Å²) in [6.07, 6.45) is 1.22. The summed E-state index contributed by atoms with van der Waals surface area (Å²) in [5.41, 5.74) is 2.97. The zero-order chi connectivity index (χ0) is 17.2. The van der Waals surface area contributed by atoms with Crippen LogP contribution in [-0.2, 0) is 6.42 Å². The Balaban J connectivity index is 2.09. The van der Waals surface area contributed by atoms with Gasteiger partial charge in [-0.15, -0.1) is 0 Å². The van der Waals surface area contributed by atoms with Crippen LogP contribution < -0.4 is 5.32 Å². The monoisotopic (exact) mass is 328 g/mol. The second-order valence-corrected chi connectivity index (χ2v) is 5.54. The minimum Gasteiger partial charge on any atom is -0.396 e. The van der Waals surface area contributed by atoms with Crippen LogP contribution in [0.3, 0.4) is 0 Å². The van der Waals surface area contributed by atoms with Crippen molar-refractivity contribution in [2.24, 2.45) is 0 Å². The lowest BCUT2D eigenvalue weighted by atomic mass is 10.0. The Bertz CT molecular complexity index is 632. The lowest BCUT2D eigenvalue weighted by Gasteiger charge is -2.22. The van der Waals surface area contributed by atoms with Gasteiger partial charge < -0.3 is 20.4 Å². The number of anilines is 1. The van der Waals surface area contributed by atoms with Gasteiger partial charge in [0.15, 0.2) is 0 Å². The summed E-state index contributed by atoms with van der Waals surface area (Å²) in [7, 11) is 0. The van der Waals surface area contributed by atoms with Crippen molar-refractivity contribution in [1.29, 1.82) is 0 Å². The van der Waals surface area contributed by atoms with Crippen molar-refractivity contribution in [3.05, 3.63) is 65.7 Å². The number of nitrogens with one attached hydrogen (secondary N) is 1. The number of hydrogen-bond acceptors (Lipinski definition) is 3. The van der Waals surface area contributed by atoms with Gasteiger partial charge in [-0.25, -0.2) is 4.79 Å². The molecule has 5 heteroatoms. The molecule has 0 radical (unpaired) electrons. The summed E-state index contributed by atoms with van der Waals surface area (Å²) in [4.78, 5) is 13.9. The average Bonchev–Trinajstić information content (AvgIpc) is 2.61. The van der Waals surface area contributed by atoms with Crippen LogP contribution in [0, 0.1) is 0 Å². The van der Waals surface area contributed by atoms with Gasteiger partial charge in [-0.05, 0) is 30.0 Å². The summed E-state index contributed by atoms with van der Waals surface area (Å²) in [6, 6.07) is 17.5. The molecule has 2 aromatic carbocycles. The number of aliphatic hydroxyl groups excluding tert-OH is 2. The largest absolute Gasteiger partial charge is 0.396 e. The number of para-hydroxylation sites is 1. The standard InChI is InChI=1S/C19H24N2O3/c22-13-6-11-21(12-14-23)19(24)20-18-10-5-4-9-17(18)15-16-7-2-1-3-8-16/h1-5,7-10,22-23H,6,11-15H2,(H,20,24). The van der Waals surface area contributed by atoms with Crippen LogP contribution in [0.1, 0.15) is 17.5 Å². The summed E-state index contributed by atoms with van der Waals surface area (Å²) >= 11 is 0. The predicted molar refractivity (Wildman–Crippen MR) is 95.1 cm³/mol.